The fourth-order valence-electron chi connectivity index (χ4n) is 5.85. The van der Waals surface area contributed by atoms with Crippen molar-refractivity contribution in [1.82, 2.24) is 14.9 Å². The molecule has 1 N–H and O–H groups in total. The van der Waals surface area contributed by atoms with Crippen molar-refractivity contribution < 1.29 is 17.9 Å². The van der Waals surface area contributed by atoms with Crippen molar-refractivity contribution >= 4 is 35.1 Å². The number of aryl methyl sites for hydroxylation is 2. The predicted octanol–water partition coefficient (Wildman–Crippen LogP) is 6.95. The number of carbonyl (C=O) groups is 1. The van der Waals surface area contributed by atoms with Gasteiger partial charge in [-0.05, 0) is 60.6 Å². The molecule has 2 heterocycles. The number of benzene rings is 3. The van der Waals surface area contributed by atoms with Gasteiger partial charge in [-0.15, -0.1) is 0 Å². The molecule has 0 unspecified atom stereocenters. The first-order valence-electron chi connectivity index (χ1n) is 15.6. The Morgan fingerprint density at radius 3 is 2.22 bits per heavy atom. The van der Waals surface area contributed by atoms with Gasteiger partial charge in [0.25, 0.3) is 15.9 Å². The van der Waals surface area contributed by atoms with Gasteiger partial charge in [-0.3, -0.25) is 4.79 Å². The van der Waals surface area contributed by atoms with E-state index in [9.17, 15) is 13.2 Å². The standard InChI is InChI=1S/C36H44N4O4SSi/c1-24-11-9-12-25(2)33(24)31-20-32-38-35(37-31)39-45(42,43)29-14-10-13-27(19-29)34(41)40(28(23-44-32)21-36(3,4)5)22-26-15-17-30(18-16-26)46(6,7)8/h9-20,28H,21-23H2,1-8H3,(H,37,38,39)/t28-/m1/s1. The summed E-state index contributed by atoms with van der Waals surface area (Å²) in [6.07, 6.45) is 0.643. The summed E-state index contributed by atoms with van der Waals surface area (Å²) in [4.78, 5) is 25.3. The molecule has 1 amide bonds. The molecule has 0 radical (unpaired) electrons. The Kier molecular flexibility index (Phi) is 9.16. The first kappa shape index (κ1) is 33.3. The molecular weight excluding hydrogens is 613 g/mol. The number of aromatic nitrogens is 2. The molecule has 1 aliphatic rings. The first-order chi connectivity index (χ1) is 21.5. The second-order valence-corrected chi connectivity index (χ2v) is 21.2. The van der Waals surface area contributed by atoms with Crippen molar-refractivity contribution in [1.29, 1.82) is 0 Å². The van der Waals surface area contributed by atoms with Crippen LogP contribution in [0.3, 0.4) is 0 Å². The van der Waals surface area contributed by atoms with Gasteiger partial charge in [0.1, 0.15) is 6.61 Å². The van der Waals surface area contributed by atoms with Crippen molar-refractivity contribution in [3.8, 4) is 17.1 Å². The number of nitrogens with one attached hydrogen (secondary N) is 1. The highest BCUT2D eigenvalue weighted by Crippen LogP contribution is 2.31. The van der Waals surface area contributed by atoms with E-state index in [0.717, 1.165) is 22.3 Å². The minimum absolute atomic E-state index is 0.0482. The SMILES string of the molecule is Cc1cccc(C)c1-c1cc2nc(n1)NS(=O)(=O)c1cccc(c1)C(=O)N(Cc1ccc([Si](C)(C)C)cc1)[C@H](CC(C)(C)C)CO2. The van der Waals surface area contributed by atoms with Gasteiger partial charge in [-0.1, -0.05) is 94.1 Å². The van der Waals surface area contributed by atoms with Crippen LogP contribution < -0.4 is 14.6 Å². The number of rotatable bonds is 5. The van der Waals surface area contributed by atoms with E-state index in [0.29, 0.717) is 18.7 Å². The molecule has 4 aromatic rings. The second kappa shape index (κ2) is 12.6. The van der Waals surface area contributed by atoms with Gasteiger partial charge in [0.05, 0.1) is 24.7 Å². The van der Waals surface area contributed by atoms with Gasteiger partial charge in [0.2, 0.25) is 11.8 Å². The lowest BCUT2D eigenvalue weighted by molar-refractivity contribution is 0.0513. The molecule has 8 nitrogen and oxygen atoms in total. The van der Waals surface area contributed by atoms with Crippen molar-refractivity contribution in [2.75, 3.05) is 11.3 Å². The number of carbonyl (C=O) groups excluding carboxylic acids is 1. The van der Waals surface area contributed by atoms with Crippen molar-refractivity contribution in [3.63, 3.8) is 0 Å². The van der Waals surface area contributed by atoms with Crippen LogP contribution in [0.4, 0.5) is 5.95 Å². The molecule has 1 atom stereocenters. The molecule has 0 fully saturated rings. The van der Waals surface area contributed by atoms with E-state index in [2.05, 4.69) is 79.4 Å². The average molecular weight is 657 g/mol. The Balaban J connectivity index is 1.65. The normalized spacial score (nSPS) is 16.8. The molecule has 4 bridgehead atoms. The van der Waals surface area contributed by atoms with Crippen LogP contribution in [0.5, 0.6) is 5.88 Å². The highest BCUT2D eigenvalue weighted by atomic mass is 32.2. The molecule has 5 rings (SSSR count). The monoisotopic (exact) mass is 656 g/mol. The van der Waals surface area contributed by atoms with Crippen LogP contribution in [0.15, 0.2) is 77.7 Å². The number of hydrogen-bond donors (Lipinski definition) is 1. The zero-order valence-electron chi connectivity index (χ0n) is 28.0. The summed E-state index contributed by atoms with van der Waals surface area (Å²) >= 11 is 0. The average Bonchev–Trinajstić information content (AvgIpc) is 2.96. The van der Waals surface area contributed by atoms with E-state index >= 15 is 0 Å². The van der Waals surface area contributed by atoms with Gasteiger partial charge >= 0.3 is 0 Å². The summed E-state index contributed by atoms with van der Waals surface area (Å²) in [5.41, 5.74) is 4.54. The van der Waals surface area contributed by atoms with E-state index in [1.165, 1.54) is 17.3 Å². The minimum Gasteiger partial charge on any atom is -0.475 e. The van der Waals surface area contributed by atoms with Crippen LogP contribution in [0.25, 0.3) is 11.3 Å². The minimum atomic E-state index is -4.14. The van der Waals surface area contributed by atoms with Crippen LogP contribution in [-0.2, 0) is 16.6 Å². The predicted molar refractivity (Wildman–Crippen MR) is 187 cm³/mol. The molecule has 0 spiro atoms. The molecule has 242 valence electrons. The van der Waals surface area contributed by atoms with E-state index in [4.69, 9.17) is 4.74 Å². The number of anilines is 1. The number of nitrogens with zero attached hydrogens (tertiary/aromatic N) is 3. The summed E-state index contributed by atoms with van der Waals surface area (Å²) in [7, 11) is -5.64. The zero-order chi connectivity index (χ0) is 33.4. The summed E-state index contributed by atoms with van der Waals surface area (Å²) in [6, 6.07) is 22.0. The molecule has 10 heteroatoms. The zero-order valence-corrected chi connectivity index (χ0v) is 29.8. The highest BCUT2D eigenvalue weighted by Gasteiger charge is 2.31. The largest absolute Gasteiger partial charge is 0.475 e. The van der Waals surface area contributed by atoms with E-state index in [1.54, 1.807) is 18.2 Å². The van der Waals surface area contributed by atoms with E-state index < -0.39 is 18.1 Å². The summed E-state index contributed by atoms with van der Waals surface area (Å²) < 4.78 is 36.2. The molecule has 0 aliphatic carbocycles. The van der Waals surface area contributed by atoms with Gasteiger partial charge in [-0.2, -0.15) is 4.98 Å². The Hall–Kier alpha value is -4.02. The fraction of sp³-hybridized carbons (Fsp3) is 0.361. The number of ether oxygens (including phenoxy) is 1. The smallest absolute Gasteiger partial charge is 0.264 e. The van der Waals surface area contributed by atoms with Crippen LogP contribution in [0.1, 0.15) is 54.2 Å². The topological polar surface area (TPSA) is 101 Å². The van der Waals surface area contributed by atoms with Gasteiger partial charge in [0, 0.05) is 23.7 Å². The third kappa shape index (κ3) is 7.67. The highest BCUT2D eigenvalue weighted by molar-refractivity contribution is 7.92. The Morgan fingerprint density at radius 2 is 1.59 bits per heavy atom. The van der Waals surface area contributed by atoms with Gasteiger partial charge in [0.15, 0.2) is 0 Å². The number of sulfonamides is 1. The molecule has 3 aromatic carbocycles. The number of hydrogen-bond acceptors (Lipinski definition) is 6. The fourth-order valence-corrected chi connectivity index (χ4v) is 8.01. The molecular formula is C36H44N4O4SSi. The molecule has 46 heavy (non-hydrogen) atoms. The molecule has 0 saturated heterocycles. The maximum atomic E-state index is 14.4. The van der Waals surface area contributed by atoms with Crippen LogP contribution in [0.2, 0.25) is 19.6 Å². The lowest BCUT2D eigenvalue weighted by Crippen LogP contribution is -2.45. The first-order valence-corrected chi connectivity index (χ1v) is 20.6. The van der Waals surface area contributed by atoms with Crippen molar-refractivity contribution in [2.45, 2.75) is 78.2 Å². The number of fused-ring (bicyclic) bond motifs is 4. The van der Waals surface area contributed by atoms with Crippen LogP contribution >= 0.6 is 0 Å². The lowest BCUT2D eigenvalue weighted by atomic mass is 9.87. The van der Waals surface area contributed by atoms with Gasteiger partial charge < -0.3 is 9.64 Å². The number of amides is 1. The Labute approximate surface area is 274 Å². The second-order valence-electron chi connectivity index (χ2n) is 14.4. The van der Waals surface area contributed by atoms with Crippen molar-refractivity contribution in [3.05, 3.63) is 95.1 Å². The summed E-state index contributed by atoms with van der Waals surface area (Å²) in [5.74, 6) is -0.141. The molecule has 0 saturated carbocycles. The Bertz CT molecular complexity index is 1840. The lowest BCUT2D eigenvalue weighted by Gasteiger charge is -2.36. The maximum Gasteiger partial charge on any atom is 0.264 e. The third-order valence-corrected chi connectivity index (χ3v) is 11.6. The van der Waals surface area contributed by atoms with E-state index in [1.807, 2.05) is 36.9 Å². The third-order valence-electron chi connectivity index (χ3n) is 8.20. The summed E-state index contributed by atoms with van der Waals surface area (Å²) in [5, 5.41) is 1.34. The molecule has 1 aliphatic heterocycles. The molecule has 1 aromatic heterocycles. The maximum absolute atomic E-state index is 14.4. The Morgan fingerprint density at radius 1 is 0.935 bits per heavy atom. The van der Waals surface area contributed by atoms with Crippen LogP contribution in [-0.4, -0.2) is 49.9 Å². The van der Waals surface area contributed by atoms with Crippen LogP contribution in [0, 0.1) is 19.3 Å². The van der Waals surface area contributed by atoms with E-state index in [-0.39, 0.29) is 46.3 Å². The summed E-state index contributed by atoms with van der Waals surface area (Å²) in [6.45, 7) is 17.8. The van der Waals surface area contributed by atoms with Gasteiger partial charge in [-0.25, -0.2) is 18.1 Å². The quantitative estimate of drug-likeness (QED) is 0.234. The van der Waals surface area contributed by atoms with Crippen molar-refractivity contribution in [2.24, 2.45) is 5.41 Å².